The maximum absolute atomic E-state index is 12.4. The predicted molar refractivity (Wildman–Crippen MR) is 98.8 cm³/mol. The van der Waals surface area contributed by atoms with E-state index in [1.54, 1.807) is 0 Å². The first kappa shape index (κ1) is 18.1. The number of ether oxygens (including phenoxy) is 1. The molecule has 0 spiro atoms. The first-order valence-electron chi connectivity index (χ1n) is 8.20. The highest BCUT2D eigenvalue weighted by atomic mass is 16.6. The third-order valence-electron chi connectivity index (χ3n) is 4.17. The standard InChI is InChI=1S/C19H17N3O5/c1-27-19(24)14-8-13(9-15(10-14)22(25)26)18(23)20-7-6-12-11-21-17-5-3-2-4-16(12)17/h2-5,8-11,21H,6-7H2,1H3,(H,20,23). The highest BCUT2D eigenvalue weighted by molar-refractivity contribution is 5.99. The normalized spacial score (nSPS) is 10.6. The van der Waals surface area contributed by atoms with E-state index in [4.69, 9.17) is 0 Å². The second kappa shape index (κ2) is 7.69. The van der Waals surface area contributed by atoms with Gasteiger partial charge in [-0.05, 0) is 24.1 Å². The number of non-ortho nitro benzene ring substituents is 1. The second-order valence-corrected chi connectivity index (χ2v) is 5.88. The molecule has 0 atom stereocenters. The lowest BCUT2D eigenvalue weighted by Gasteiger charge is -2.07. The summed E-state index contributed by atoms with van der Waals surface area (Å²) in [5.74, 6) is -1.24. The van der Waals surface area contributed by atoms with Gasteiger partial charge in [0, 0.05) is 41.3 Å². The Kier molecular flexibility index (Phi) is 5.16. The molecule has 0 radical (unpaired) electrons. The van der Waals surface area contributed by atoms with E-state index < -0.39 is 16.8 Å². The Morgan fingerprint density at radius 2 is 1.93 bits per heavy atom. The fraction of sp³-hybridized carbons (Fsp3) is 0.158. The topological polar surface area (TPSA) is 114 Å². The van der Waals surface area contributed by atoms with Gasteiger partial charge in [-0.15, -0.1) is 0 Å². The monoisotopic (exact) mass is 367 g/mol. The van der Waals surface area contributed by atoms with Gasteiger partial charge in [-0.3, -0.25) is 14.9 Å². The van der Waals surface area contributed by atoms with Crippen molar-refractivity contribution in [3.63, 3.8) is 0 Å². The summed E-state index contributed by atoms with van der Waals surface area (Å²) in [6.45, 7) is 0.344. The van der Waals surface area contributed by atoms with Crippen LogP contribution in [0.2, 0.25) is 0 Å². The highest BCUT2D eigenvalue weighted by Crippen LogP contribution is 2.19. The number of aromatic nitrogens is 1. The molecule has 0 saturated carbocycles. The Morgan fingerprint density at radius 3 is 2.67 bits per heavy atom. The summed E-state index contributed by atoms with van der Waals surface area (Å²) in [7, 11) is 1.17. The van der Waals surface area contributed by atoms with Crippen molar-refractivity contribution in [1.29, 1.82) is 0 Å². The van der Waals surface area contributed by atoms with Gasteiger partial charge in [0.05, 0.1) is 17.6 Å². The number of aromatic amines is 1. The summed E-state index contributed by atoms with van der Waals surface area (Å²) in [6.07, 6.45) is 2.48. The lowest BCUT2D eigenvalue weighted by Crippen LogP contribution is -2.26. The largest absolute Gasteiger partial charge is 0.465 e. The fourth-order valence-electron chi connectivity index (χ4n) is 2.83. The molecule has 8 heteroatoms. The van der Waals surface area contributed by atoms with Crippen molar-refractivity contribution in [1.82, 2.24) is 10.3 Å². The van der Waals surface area contributed by atoms with Crippen molar-refractivity contribution in [2.75, 3.05) is 13.7 Å². The minimum atomic E-state index is -0.744. The Bertz CT molecular complexity index is 1030. The number of carbonyl (C=O) groups excluding carboxylic acids is 2. The zero-order valence-electron chi connectivity index (χ0n) is 14.5. The molecule has 3 aromatic rings. The quantitative estimate of drug-likeness (QED) is 0.395. The molecule has 138 valence electrons. The van der Waals surface area contributed by atoms with Gasteiger partial charge in [-0.2, -0.15) is 0 Å². The van der Waals surface area contributed by atoms with Gasteiger partial charge >= 0.3 is 5.97 Å². The molecule has 27 heavy (non-hydrogen) atoms. The maximum Gasteiger partial charge on any atom is 0.338 e. The molecule has 0 aliphatic carbocycles. The van der Waals surface area contributed by atoms with Crippen LogP contribution in [-0.2, 0) is 11.2 Å². The maximum atomic E-state index is 12.4. The first-order chi connectivity index (χ1) is 13.0. The molecule has 0 fully saturated rings. The van der Waals surface area contributed by atoms with E-state index in [2.05, 4.69) is 15.0 Å². The summed E-state index contributed by atoms with van der Waals surface area (Å²) in [5, 5.41) is 14.9. The van der Waals surface area contributed by atoms with Crippen LogP contribution in [0.1, 0.15) is 26.3 Å². The van der Waals surface area contributed by atoms with Crippen molar-refractivity contribution >= 4 is 28.5 Å². The fourth-order valence-corrected chi connectivity index (χ4v) is 2.83. The number of fused-ring (bicyclic) bond motifs is 1. The minimum Gasteiger partial charge on any atom is -0.465 e. The van der Waals surface area contributed by atoms with Gasteiger partial charge in [0.25, 0.3) is 11.6 Å². The predicted octanol–water partition coefficient (Wildman–Crippen LogP) is 2.84. The molecule has 0 saturated heterocycles. The minimum absolute atomic E-state index is 0.0310. The van der Waals surface area contributed by atoms with Crippen LogP contribution < -0.4 is 5.32 Å². The number of esters is 1. The summed E-state index contributed by atoms with van der Waals surface area (Å²) in [5.41, 5.74) is 1.71. The third-order valence-corrected chi connectivity index (χ3v) is 4.17. The number of methoxy groups -OCH3 is 1. The van der Waals surface area contributed by atoms with Gasteiger partial charge in [0.1, 0.15) is 0 Å². The average molecular weight is 367 g/mol. The Labute approximate surface area is 154 Å². The molecule has 0 unspecified atom stereocenters. The van der Waals surface area contributed by atoms with Crippen LogP contribution in [0.3, 0.4) is 0 Å². The zero-order chi connectivity index (χ0) is 19.4. The molecule has 1 amide bonds. The molecular weight excluding hydrogens is 350 g/mol. The van der Waals surface area contributed by atoms with Crippen molar-refractivity contribution in [2.24, 2.45) is 0 Å². The van der Waals surface area contributed by atoms with Crippen molar-refractivity contribution < 1.29 is 19.2 Å². The van der Waals surface area contributed by atoms with Crippen LogP contribution in [0.25, 0.3) is 10.9 Å². The van der Waals surface area contributed by atoms with Gasteiger partial charge in [-0.1, -0.05) is 18.2 Å². The number of hydrogen-bond donors (Lipinski definition) is 2. The number of nitro groups is 1. The molecule has 0 aliphatic rings. The average Bonchev–Trinajstić information content (AvgIpc) is 3.10. The van der Waals surface area contributed by atoms with Crippen molar-refractivity contribution in [3.8, 4) is 0 Å². The Morgan fingerprint density at radius 1 is 1.19 bits per heavy atom. The Hall–Kier alpha value is -3.68. The van der Waals surface area contributed by atoms with Crippen LogP contribution in [0.15, 0.2) is 48.7 Å². The van der Waals surface area contributed by atoms with Crippen LogP contribution in [0.5, 0.6) is 0 Å². The van der Waals surface area contributed by atoms with E-state index in [0.29, 0.717) is 13.0 Å². The number of rotatable bonds is 6. The summed E-state index contributed by atoms with van der Waals surface area (Å²) in [4.78, 5) is 37.6. The van der Waals surface area contributed by atoms with Gasteiger partial charge in [0.15, 0.2) is 0 Å². The van der Waals surface area contributed by atoms with E-state index >= 15 is 0 Å². The molecule has 0 bridgehead atoms. The van der Waals surface area contributed by atoms with Crippen LogP contribution in [0, 0.1) is 10.1 Å². The summed E-state index contributed by atoms with van der Waals surface area (Å²) < 4.78 is 4.58. The number of carbonyl (C=O) groups is 2. The first-order valence-corrected chi connectivity index (χ1v) is 8.20. The number of amides is 1. The third kappa shape index (κ3) is 3.95. The molecule has 1 aromatic heterocycles. The van der Waals surface area contributed by atoms with E-state index in [0.717, 1.165) is 28.6 Å². The van der Waals surface area contributed by atoms with Gasteiger partial charge < -0.3 is 15.0 Å². The number of nitro benzene ring substituents is 1. The zero-order valence-corrected chi connectivity index (χ0v) is 14.5. The van der Waals surface area contributed by atoms with Gasteiger partial charge in [-0.25, -0.2) is 4.79 Å². The smallest absolute Gasteiger partial charge is 0.338 e. The van der Waals surface area contributed by atoms with Crippen molar-refractivity contribution in [2.45, 2.75) is 6.42 Å². The van der Waals surface area contributed by atoms with E-state index in [1.165, 1.54) is 13.2 Å². The van der Waals surface area contributed by atoms with Crippen LogP contribution in [0.4, 0.5) is 5.69 Å². The van der Waals surface area contributed by atoms with Gasteiger partial charge in [0.2, 0.25) is 0 Å². The number of nitrogens with one attached hydrogen (secondary N) is 2. The number of para-hydroxylation sites is 1. The van der Waals surface area contributed by atoms with E-state index in [1.807, 2.05) is 30.5 Å². The lowest BCUT2D eigenvalue weighted by atomic mass is 10.1. The lowest BCUT2D eigenvalue weighted by molar-refractivity contribution is -0.384. The highest BCUT2D eigenvalue weighted by Gasteiger charge is 2.18. The number of hydrogen-bond acceptors (Lipinski definition) is 5. The van der Waals surface area contributed by atoms with Crippen LogP contribution >= 0.6 is 0 Å². The molecule has 0 aliphatic heterocycles. The molecule has 1 heterocycles. The van der Waals surface area contributed by atoms with E-state index in [-0.39, 0.29) is 16.8 Å². The van der Waals surface area contributed by atoms with Crippen molar-refractivity contribution in [3.05, 3.63) is 75.5 Å². The number of nitrogens with zero attached hydrogens (tertiary/aromatic N) is 1. The van der Waals surface area contributed by atoms with E-state index in [9.17, 15) is 19.7 Å². The summed E-state index contributed by atoms with van der Waals surface area (Å²) >= 11 is 0. The number of H-pyrrole nitrogens is 1. The molecule has 2 aromatic carbocycles. The van der Waals surface area contributed by atoms with Crippen LogP contribution in [-0.4, -0.2) is 35.4 Å². The second-order valence-electron chi connectivity index (χ2n) is 5.88. The molecule has 8 nitrogen and oxygen atoms in total. The summed E-state index contributed by atoms with van der Waals surface area (Å²) in [6, 6.07) is 11.3. The molecular formula is C19H17N3O5. The SMILES string of the molecule is COC(=O)c1cc(C(=O)NCCc2c[nH]c3ccccc23)cc([N+](=O)[O-])c1. The molecule has 2 N–H and O–H groups in total. The number of benzene rings is 2. The Balaban J connectivity index is 1.72. The molecule has 3 rings (SSSR count).